The zero-order valence-electron chi connectivity index (χ0n) is 8.17. The minimum absolute atomic E-state index is 0.0808. The molecule has 0 spiro atoms. The van der Waals surface area contributed by atoms with Gasteiger partial charge in [0, 0.05) is 18.6 Å². The fourth-order valence-electron chi connectivity index (χ4n) is 0.742. The summed E-state index contributed by atoms with van der Waals surface area (Å²) in [5.74, 6) is 0.000283. The van der Waals surface area contributed by atoms with Crippen molar-refractivity contribution in [2.75, 3.05) is 13.2 Å². The molecular weight excluding hydrogens is 154 g/mol. The van der Waals surface area contributed by atoms with E-state index >= 15 is 0 Å². The molecule has 0 aliphatic heterocycles. The summed E-state index contributed by atoms with van der Waals surface area (Å²) in [4.78, 5) is 11.3. The second-order valence-corrected chi connectivity index (χ2v) is 3.17. The standard InChI is InChI=1S/C9H19NO2/c1-4-5-12-6-9(11)7(2)8(3)10/h7-8H,4-6,10H2,1-3H3. The number of hydrogen-bond acceptors (Lipinski definition) is 3. The number of ether oxygens (including phenoxy) is 1. The first-order valence-corrected chi connectivity index (χ1v) is 4.45. The Bertz CT molecular complexity index is 134. The van der Waals surface area contributed by atoms with Crippen LogP contribution in [-0.2, 0) is 9.53 Å². The van der Waals surface area contributed by atoms with E-state index in [1.807, 2.05) is 20.8 Å². The number of ketones is 1. The van der Waals surface area contributed by atoms with Gasteiger partial charge in [-0.3, -0.25) is 4.79 Å². The number of Topliss-reactive ketones (excluding diaryl/α,β-unsaturated/α-hetero) is 1. The van der Waals surface area contributed by atoms with E-state index in [2.05, 4.69) is 0 Å². The normalized spacial score (nSPS) is 15.7. The average molecular weight is 173 g/mol. The lowest BCUT2D eigenvalue weighted by atomic mass is 10.0. The lowest BCUT2D eigenvalue weighted by Crippen LogP contribution is -2.32. The molecule has 0 fully saturated rings. The predicted molar refractivity (Wildman–Crippen MR) is 48.9 cm³/mol. The van der Waals surface area contributed by atoms with Gasteiger partial charge in [0.2, 0.25) is 0 Å². The molecule has 0 saturated heterocycles. The quantitative estimate of drug-likeness (QED) is 0.609. The van der Waals surface area contributed by atoms with Crippen LogP contribution < -0.4 is 5.73 Å². The lowest BCUT2D eigenvalue weighted by molar-refractivity contribution is -0.127. The van der Waals surface area contributed by atoms with E-state index in [4.69, 9.17) is 10.5 Å². The molecule has 0 rings (SSSR count). The van der Waals surface area contributed by atoms with Crippen molar-refractivity contribution in [2.45, 2.75) is 33.2 Å². The van der Waals surface area contributed by atoms with Crippen molar-refractivity contribution in [2.24, 2.45) is 11.7 Å². The van der Waals surface area contributed by atoms with Gasteiger partial charge in [-0.2, -0.15) is 0 Å². The molecule has 0 aliphatic rings. The molecule has 0 aliphatic carbocycles. The van der Waals surface area contributed by atoms with Crippen molar-refractivity contribution in [3.8, 4) is 0 Å². The van der Waals surface area contributed by atoms with Gasteiger partial charge in [0.1, 0.15) is 6.61 Å². The smallest absolute Gasteiger partial charge is 0.162 e. The average Bonchev–Trinajstić information content (AvgIpc) is 2.03. The summed E-state index contributed by atoms with van der Waals surface area (Å²) in [7, 11) is 0. The number of carbonyl (C=O) groups is 1. The number of nitrogens with two attached hydrogens (primary N) is 1. The third-order valence-corrected chi connectivity index (χ3v) is 1.89. The Labute approximate surface area is 74.3 Å². The molecule has 0 radical (unpaired) electrons. The molecule has 0 bridgehead atoms. The van der Waals surface area contributed by atoms with Crippen molar-refractivity contribution < 1.29 is 9.53 Å². The molecule has 0 aromatic rings. The van der Waals surface area contributed by atoms with Crippen LogP contribution in [0.3, 0.4) is 0 Å². The van der Waals surface area contributed by atoms with Crippen LogP contribution in [0.1, 0.15) is 27.2 Å². The summed E-state index contributed by atoms with van der Waals surface area (Å²) >= 11 is 0. The zero-order valence-corrected chi connectivity index (χ0v) is 8.17. The Morgan fingerprint density at radius 1 is 1.50 bits per heavy atom. The van der Waals surface area contributed by atoms with Crippen LogP contribution in [0.4, 0.5) is 0 Å². The van der Waals surface area contributed by atoms with E-state index in [1.165, 1.54) is 0 Å². The third kappa shape index (κ3) is 4.46. The monoisotopic (exact) mass is 173 g/mol. The maximum Gasteiger partial charge on any atom is 0.162 e. The van der Waals surface area contributed by atoms with Gasteiger partial charge in [0.15, 0.2) is 5.78 Å². The second-order valence-electron chi connectivity index (χ2n) is 3.17. The number of carbonyl (C=O) groups excluding carboxylic acids is 1. The van der Waals surface area contributed by atoms with Crippen molar-refractivity contribution in [1.29, 1.82) is 0 Å². The summed E-state index contributed by atoms with van der Waals surface area (Å²) in [6.45, 7) is 6.54. The van der Waals surface area contributed by atoms with Gasteiger partial charge in [-0.05, 0) is 13.3 Å². The first-order valence-electron chi connectivity index (χ1n) is 4.45. The van der Waals surface area contributed by atoms with E-state index in [9.17, 15) is 4.79 Å². The molecule has 2 N–H and O–H groups in total. The van der Waals surface area contributed by atoms with Gasteiger partial charge in [0.25, 0.3) is 0 Å². The van der Waals surface area contributed by atoms with Crippen molar-refractivity contribution in [3.05, 3.63) is 0 Å². The minimum Gasteiger partial charge on any atom is -0.374 e. The Morgan fingerprint density at radius 3 is 2.50 bits per heavy atom. The fraction of sp³-hybridized carbons (Fsp3) is 0.889. The SMILES string of the molecule is CCCOCC(=O)C(C)C(C)N. The first-order chi connectivity index (χ1) is 5.59. The molecule has 0 heterocycles. The molecule has 2 unspecified atom stereocenters. The van der Waals surface area contributed by atoms with E-state index in [0.29, 0.717) is 6.61 Å². The van der Waals surface area contributed by atoms with E-state index in [1.54, 1.807) is 0 Å². The fourth-order valence-corrected chi connectivity index (χ4v) is 0.742. The predicted octanol–water partition coefficient (Wildman–Crippen LogP) is 0.965. The highest BCUT2D eigenvalue weighted by atomic mass is 16.5. The van der Waals surface area contributed by atoms with Gasteiger partial charge in [-0.1, -0.05) is 13.8 Å². The second kappa shape index (κ2) is 6.14. The molecular formula is C9H19NO2. The van der Waals surface area contributed by atoms with Crippen molar-refractivity contribution in [3.63, 3.8) is 0 Å². The van der Waals surface area contributed by atoms with Gasteiger partial charge in [0.05, 0.1) is 0 Å². The minimum atomic E-state index is -0.0955. The largest absolute Gasteiger partial charge is 0.374 e. The summed E-state index contributed by atoms with van der Waals surface area (Å²) in [5, 5.41) is 0. The molecule has 12 heavy (non-hydrogen) atoms. The van der Waals surface area contributed by atoms with Gasteiger partial charge < -0.3 is 10.5 Å². The molecule has 0 aromatic heterocycles. The van der Waals surface area contributed by atoms with Crippen LogP contribution >= 0.6 is 0 Å². The van der Waals surface area contributed by atoms with Crippen molar-refractivity contribution in [1.82, 2.24) is 0 Å². The topological polar surface area (TPSA) is 52.3 Å². The molecule has 0 amide bonds. The summed E-state index contributed by atoms with van der Waals surface area (Å²) in [6.07, 6.45) is 0.944. The molecule has 2 atom stereocenters. The van der Waals surface area contributed by atoms with Crippen LogP contribution in [0, 0.1) is 5.92 Å². The van der Waals surface area contributed by atoms with E-state index in [-0.39, 0.29) is 24.3 Å². The maximum atomic E-state index is 11.3. The highest BCUT2D eigenvalue weighted by molar-refractivity contribution is 5.82. The van der Waals surface area contributed by atoms with Crippen LogP contribution in [0.5, 0.6) is 0 Å². The maximum absolute atomic E-state index is 11.3. The number of rotatable bonds is 6. The Hall–Kier alpha value is -0.410. The zero-order chi connectivity index (χ0) is 9.56. The summed E-state index contributed by atoms with van der Waals surface area (Å²) < 4.78 is 5.11. The molecule has 72 valence electrons. The third-order valence-electron chi connectivity index (χ3n) is 1.89. The highest BCUT2D eigenvalue weighted by Gasteiger charge is 2.16. The van der Waals surface area contributed by atoms with E-state index < -0.39 is 0 Å². The highest BCUT2D eigenvalue weighted by Crippen LogP contribution is 2.01. The molecule has 0 saturated carbocycles. The molecule has 3 heteroatoms. The van der Waals surface area contributed by atoms with Gasteiger partial charge in [-0.25, -0.2) is 0 Å². The Morgan fingerprint density at radius 2 is 2.08 bits per heavy atom. The lowest BCUT2D eigenvalue weighted by Gasteiger charge is -2.13. The molecule has 0 aromatic carbocycles. The van der Waals surface area contributed by atoms with Crippen LogP contribution in [0.25, 0.3) is 0 Å². The van der Waals surface area contributed by atoms with Crippen LogP contribution in [0.15, 0.2) is 0 Å². The van der Waals surface area contributed by atoms with Gasteiger partial charge in [-0.15, -0.1) is 0 Å². The first kappa shape index (κ1) is 11.6. The summed E-state index contributed by atoms with van der Waals surface area (Å²) in [5.41, 5.74) is 5.56. The molecule has 3 nitrogen and oxygen atoms in total. The van der Waals surface area contributed by atoms with E-state index in [0.717, 1.165) is 6.42 Å². The van der Waals surface area contributed by atoms with Crippen LogP contribution in [0.2, 0.25) is 0 Å². The number of hydrogen-bond donors (Lipinski definition) is 1. The Kier molecular flexibility index (Phi) is 5.93. The van der Waals surface area contributed by atoms with Crippen LogP contribution in [-0.4, -0.2) is 25.0 Å². The van der Waals surface area contributed by atoms with Crippen molar-refractivity contribution >= 4 is 5.78 Å². The Balaban J connectivity index is 3.57. The summed E-state index contributed by atoms with van der Waals surface area (Å²) in [6, 6.07) is -0.0808. The van der Waals surface area contributed by atoms with Gasteiger partial charge >= 0.3 is 0 Å².